The van der Waals surface area contributed by atoms with Gasteiger partial charge in [0.2, 0.25) is 5.91 Å². The van der Waals surface area contributed by atoms with Crippen LogP contribution in [0, 0.1) is 0 Å². The number of nitrogens with zero attached hydrogens (tertiary/aromatic N) is 1. The van der Waals surface area contributed by atoms with E-state index < -0.39 is 0 Å². The Labute approximate surface area is 141 Å². The molecule has 0 saturated heterocycles. The Bertz CT molecular complexity index is 771. The fourth-order valence-corrected chi connectivity index (χ4v) is 2.71. The van der Waals surface area contributed by atoms with Gasteiger partial charge in [0, 0.05) is 40.8 Å². The van der Waals surface area contributed by atoms with Crippen LogP contribution in [-0.4, -0.2) is 28.0 Å². The second kappa shape index (κ2) is 8.59. The van der Waals surface area contributed by atoms with Gasteiger partial charge in [-0.15, -0.1) is 11.8 Å². The molecule has 0 aliphatic carbocycles. The van der Waals surface area contributed by atoms with E-state index in [9.17, 15) is 14.4 Å². The van der Waals surface area contributed by atoms with Gasteiger partial charge in [-0.2, -0.15) is 0 Å². The summed E-state index contributed by atoms with van der Waals surface area (Å²) in [5.41, 5.74) is -0.708. The number of amides is 1. The first-order chi connectivity index (χ1) is 11.0. The van der Waals surface area contributed by atoms with Crippen LogP contribution in [0.5, 0.6) is 0 Å². The molecule has 1 aromatic heterocycles. The minimum absolute atomic E-state index is 0.130. The molecule has 0 saturated carbocycles. The van der Waals surface area contributed by atoms with Crippen LogP contribution >= 0.6 is 23.4 Å². The van der Waals surface area contributed by atoms with E-state index >= 15 is 0 Å². The Morgan fingerprint density at radius 2 is 1.91 bits per heavy atom. The van der Waals surface area contributed by atoms with Gasteiger partial charge in [0.15, 0.2) is 0 Å². The molecule has 1 aromatic carbocycles. The molecule has 0 aliphatic heterocycles. The molecular formula is C15H16ClN3O3S. The molecule has 0 fully saturated rings. The summed E-state index contributed by atoms with van der Waals surface area (Å²) in [5, 5.41) is 5.84. The summed E-state index contributed by atoms with van der Waals surface area (Å²) in [6.07, 6.45) is 0.130. The molecule has 0 spiro atoms. The zero-order valence-corrected chi connectivity index (χ0v) is 13.8. The number of thioether (sulfide) groups is 1. The monoisotopic (exact) mass is 353 g/mol. The van der Waals surface area contributed by atoms with Crippen LogP contribution in [0.4, 0.5) is 0 Å². The SMILES string of the molecule is O=C(CCn1[nH]c(=O)ccc1=O)NCCSc1ccc(Cl)cc1. The van der Waals surface area contributed by atoms with Crippen molar-refractivity contribution in [2.75, 3.05) is 12.3 Å². The summed E-state index contributed by atoms with van der Waals surface area (Å²) in [4.78, 5) is 35.4. The molecule has 0 unspecified atom stereocenters. The van der Waals surface area contributed by atoms with E-state index in [2.05, 4.69) is 10.4 Å². The summed E-state index contributed by atoms with van der Waals surface area (Å²) in [5.74, 6) is 0.563. The van der Waals surface area contributed by atoms with Gasteiger partial charge in [0.25, 0.3) is 11.1 Å². The van der Waals surface area contributed by atoms with Crippen molar-refractivity contribution in [1.82, 2.24) is 15.1 Å². The molecule has 2 rings (SSSR count). The van der Waals surface area contributed by atoms with E-state index in [4.69, 9.17) is 11.6 Å². The third-order valence-corrected chi connectivity index (χ3v) is 4.22. The lowest BCUT2D eigenvalue weighted by Crippen LogP contribution is -2.32. The summed E-state index contributed by atoms with van der Waals surface area (Å²) in [7, 11) is 0. The first kappa shape index (κ1) is 17.4. The minimum atomic E-state index is -0.371. The average molecular weight is 354 g/mol. The highest BCUT2D eigenvalue weighted by Crippen LogP contribution is 2.19. The van der Waals surface area contributed by atoms with Gasteiger partial charge in [-0.1, -0.05) is 11.6 Å². The molecule has 0 aliphatic rings. The fourth-order valence-electron chi connectivity index (χ4n) is 1.82. The normalized spacial score (nSPS) is 10.5. The summed E-state index contributed by atoms with van der Waals surface area (Å²) < 4.78 is 1.13. The number of rotatable bonds is 7. The number of carbonyl (C=O) groups is 1. The first-order valence-corrected chi connectivity index (χ1v) is 8.36. The van der Waals surface area contributed by atoms with E-state index in [0.29, 0.717) is 11.6 Å². The summed E-state index contributed by atoms with van der Waals surface area (Å²) >= 11 is 7.42. The number of halogens is 1. The number of nitrogens with one attached hydrogen (secondary N) is 2. The van der Waals surface area contributed by atoms with Crippen LogP contribution in [0.15, 0.2) is 50.9 Å². The van der Waals surface area contributed by atoms with Crippen LogP contribution in [0.2, 0.25) is 5.02 Å². The van der Waals surface area contributed by atoms with Crippen molar-refractivity contribution in [3.63, 3.8) is 0 Å². The van der Waals surface area contributed by atoms with Gasteiger partial charge in [-0.3, -0.25) is 19.5 Å². The van der Waals surface area contributed by atoms with Crippen LogP contribution in [-0.2, 0) is 11.3 Å². The summed E-state index contributed by atoms with van der Waals surface area (Å²) in [6.45, 7) is 0.664. The van der Waals surface area contributed by atoms with E-state index in [1.165, 1.54) is 6.07 Å². The number of aryl methyl sites for hydroxylation is 1. The van der Waals surface area contributed by atoms with Gasteiger partial charge in [0.05, 0.1) is 6.54 Å². The van der Waals surface area contributed by atoms with Crippen molar-refractivity contribution in [2.24, 2.45) is 0 Å². The Balaban J connectivity index is 1.69. The topological polar surface area (TPSA) is 84.0 Å². The number of aromatic nitrogens is 2. The number of aromatic amines is 1. The van der Waals surface area contributed by atoms with Gasteiger partial charge in [0.1, 0.15) is 0 Å². The maximum absolute atomic E-state index is 11.7. The zero-order chi connectivity index (χ0) is 16.7. The molecule has 0 atom stereocenters. The van der Waals surface area contributed by atoms with Crippen molar-refractivity contribution < 1.29 is 4.79 Å². The van der Waals surface area contributed by atoms with Gasteiger partial charge in [-0.25, -0.2) is 4.68 Å². The predicted octanol–water partition coefficient (Wildman–Crippen LogP) is 1.49. The highest BCUT2D eigenvalue weighted by molar-refractivity contribution is 7.99. The number of hydrogen-bond donors (Lipinski definition) is 2. The van der Waals surface area contributed by atoms with Crippen molar-refractivity contribution in [2.45, 2.75) is 17.9 Å². The maximum atomic E-state index is 11.7. The molecule has 122 valence electrons. The van der Waals surface area contributed by atoms with E-state index in [0.717, 1.165) is 21.4 Å². The van der Waals surface area contributed by atoms with Crippen LogP contribution < -0.4 is 16.4 Å². The highest BCUT2D eigenvalue weighted by Gasteiger charge is 2.03. The molecule has 2 aromatic rings. The smallest absolute Gasteiger partial charge is 0.265 e. The van der Waals surface area contributed by atoms with Crippen molar-refractivity contribution in [3.05, 3.63) is 62.1 Å². The molecule has 0 radical (unpaired) electrons. The number of hydrogen-bond acceptors (Lipinski definition) is 4. The van der Waals surface area contributed by atoms with Crippen molar-refractivity contribution in [3.8, 4) is 0 Å². The lowest BCUT2D eigenvalue weighted by atomic mass is 10.4. The third kappa shape index (κ3) is 5.96. The molecule has 2 N–H and O–H groups in total. The Morgan fingerprint density at radius 3 is 2.65 bits per heavy atom. The molecule has 0 bridgehead atoms. The Morgan fingerprint density at radius 1 is 1.17 bits per heavy atom. The number of H-pyrrole nitrogens is 1. The Hall–Kier alpha value is -1.99. The van der Waals surface area contributed by atoms with Crippen molar-refractivity contribution >= 4 is 29.3 Å². The second-order valence-electron chi connectivity index (χ2n) is 4.70. The molecule has 6 nitrogen and oxygen atoms in total. The van der Waals surface area contributed by atoms with Gasteiger partial charge >= 0.3 is 0 Å². The quantitative estimate of drug-likeness (QED) is 0.583. The maximum Gasteiger partial charge on any atom is 0.265 e. The van der Waals surface area contributed by atoms with E-state index in [1.807, 2.05) is 24.3 Å². The molecule has 23 heavy (non-hydrogen) atoms. The first-order valence-electron chi connectivity index (χ1n) is 7.00. The third-order valence-electron chi connectivity index (χ3n) is 2.96. The lowest BCUT2D eigenvalue weighted by molar-refractivity contribution is -0.121. The largest absolute Gasteiger partial charge is 0.355 e. The van der Waals surface area contributed by atoms with E-state index in [-0.39, 0.29) is 30.0 Å². The minimum Gasteiger partial charge on any atom is -0.355 e. The zero-order valence-electron chi connectivity index (χ0n) is 12.3. The molecular weight excluding hydrogens is 338 g/mol. The predicted molar refractivity (Wildman–Crippen MR) is 91.1 cm³/mol. The fraction of sp³-hybridized carbons (Fsp3) is 0.267. The Kier molecular flexibility index (Phi) is 6.49. The number of carbonyl (C=O) groups excluding carboxylic acids is 1. The average Bonchev–Trinajstić information content (AvgIpc) is 2.54. The summed E-state index contributed by atoms with van der Waals surface area (Å²) in [6, 6.07) is 9.83. The highest BCUT2D eigenvalue weighted by atomic mass is 35.5. The van der Waals surface area contributed by atoms with Gasteiger partial charge < -0.3 is 5.32 Å². The van der Waals surface area contributed by atoms with Crippen LogP contribution in [0.1, 0.15) is 6.42 Å². The lowest BCUT2D eigenvalue weighted by Gasteiger charge is -2.07. The molecule has 1 heterocycles. The molecule has 8 heteroatoms. The van der Waals surface area contributed by atoms with Crippen LogP contribution in [0.25, 0.3) is 0 Å². The standard InChI is InChI=1S/C15H16ClN3O3S/c16-11-1-3-12(4-2-11)23-10-8-17-13(20)7-9-19-15(22)6-5-14(21)18-19/h1-6H,7-10H2,(H,17,20)(H,18,21). The van der Waals surface area contributed by atoms with Gasteiger partial charge in [-0.05, 0) is 24.3 Å². The molecule has 1 amide bonds. The van der Waals surface area contributed by atoms with Crippen molar-refractivity contribution in [1.29, 1.82) is 0 Å². The second-order valence-corrected chi connectivity index (χ2v) is 6.31. The number of benzene rings is 1. The van der Waals surface area contributed by atoms with Crippen LogP contribution in [0.3, 0.4) is 0 Å². The van der Waals surface area contributed by atoms with E-state index in [1.54, 1.807) is 11.8 Å².